The third-order valence-electron chi connectivity index (χ3n) is 3.23. The van der Waals surface area contributed by atoms with Gasteiger partial charge in [-0.15, -0.1) is 0 Å². The minimum atomic E-state index is 0.562. The van der Waals surface area contributed by atoms with E-state index in [1.165, 1.54) is 12.8 Å². The Morgan fingerprint density at radius 3 is 2.62 bits per heavy atom. The van der Waals surface area contributed by atoms with E-state index in [0.29, 0.717) is 17.1 Å². The fourth-order valence-corrected chi connectivity index (χ4v) is 2.49. The van der Waals surface area contributed by atoms with Crippen molar-refractivity contribution in [3.8, 4) is 0 Å². The molecule has 3 aliphatic carbocycles. The Morgan fingerprint density at radius 2 is 2.38 bits per heavy atom. The summed E-state index contributed by atoms with van der Waals surface area (Å²) in [6.45, 7) is 0. The first-order chi connectivity index (χ1) is 3.83. The molecule has 8 heavy (non-hydrogen) atoms. The molecule has 0 aromatic rings. The SMILES string of the molecule is O=C1C[C@@H]2CC23C[C@@H]13. The van der Waals surface area contributed by atoms with E-state index in [2.05, 4.69) is 0 Å². The lowest BCUT2D eigenvalue weighted by Crippen LogP contribution is -1.95. The molecule has 3 saturated carbocycles. The fourth-order valence-electron chi connectivity index (χ4n) is 2.49. The lowest BCUT2D eigenvalue weighted by Gasteiger charge is -1.86. The van der Waals surface area contributed by atoms with E-state index in [4.69, 9.17) is 0 Å². The van der Waals surface area contributed by atoms with Crippen LogP contribution in [0.2, 0.25) is 0 Å². The van der Waals surface area contributed by atoms with Crippen LogP contribution in [0.25, 0.3) is 0 Å². The number of hydrogen-bond acceptors (Lipinski definition) is 1. The van der Waals surface area contributed by atoms with Gasteiger partial charge in [0.1, 0.15) is 5.78 Å². The lowest BCUT2D eigenvalue weighted by atomic mass is 10.2. The molecule has 0 aliphatic heterocycles. The Morgan fingerprint density at radius 1 is 1.50 bits per heavy atom. The molecule has 0 N–H and O–H groups in total. The van der Waals surface area contributed by atoms with Crippen molar-refractivity contribution in [2.75, 3.05) is 0 Å². The minimum absolute atomic E-state index is 0.562. The molecule has 0 bridgehead atoms. The van der Waals surface area contributed by atoms with Crippen LogP contribution in [-0.4, -0.2) is 5.78 Å². The molecular weight excluding hydrogens is 100 g/mol. The van der Waals surface area contributed by atoms with Crippen LogP contribution in [0.4, 0.5) is 0 Å². The summed E-state index contributed by atoms with van der Waals surface area (Å²) in [5.74, 6) is 1.99. The Kier molecular flexibility index (Phi) is 0.313. The van der Waals surface area contributed by atoms with Crippen LogP contribution >= 0.6 is 0 Å². The molecule has 0 radical (unpaired) electrons. The normalized spacial score (nSPS) is 64.8. The summed E-state index contributed by atoms with van der Waals surface area (Å²) >= 11 is 0. The predicted octanol–water partition coefficient (Wildman–Crippen LogP) is 0.985. The highest BCUT2D eigenvalue weighted by Crippen LogP contribution is 2.80. The maximum atomic E-state index is 10.9. The van der Waals surface area contributed by atoms with Crippen LogP contribution in [0.5, 0.6) is 0 Å². The summed E-state index contributed by atoms with van der Waals surface area (Å²) in [6, 6.07) is 0. The molecular formula is C7H8O. The number of ketones is 1. The Balaban J connectivity index is 2.12. The number of carbonyl (C=O) groups is 1. The first-order valence-corrected chi connectivity index (χ1v) is 3.36. The lowest BCUT2D eigenvalue weighted by molar-refractivity contribution is -0.119. The van der Waals surface area contributed by atoms with Crippen LogP contribution in [-0.2, 0) is 4.79 Å². The van der Waals surface area contributed by atoms with Gasteiger partial charge in [-0.25, -0.2) is 0 Å². The van der Waals surface area contributed by atoms with Gasteiger partial charge in [-0.1, -0.05) is 0 Å². The third-order valence-corrected chi connectivity index (χ3v) is 3.23. The molecule has 1 nitrogen and oxygen atoms in total. The zero-order chi connectivity index (χ0) is 5.35. The van der Waals surface area contributed by atoms with Crippen molar-refractivity contribution in [1.29, 1.82) is 0 Å². The highest BCUT2D eigenvalue weighted by atomic mass is 16.1. The summed E-state index contributed by atoms with van der Waals surface area (Å²) in [7, 11) is 0. The Hall–Kier alpha value is -0.330. The molecule has 1 heteroatoms. The van der Waals surface area contributed by atoms with E-state index in [1.807, 2.05) is 0 Å². The second-order valence-corrected chi connectivity index (χ2v) is 3.56. The summed E-state index contributed by atoms with van der Waals surface area (Å²) < 4.78 is 0. The van der Waals surface area contributed by atoms with Gasteiger partial charge in [0.15, 0.2) is 0 Å². The topological polar surface area (TPSA) is 17.1 Å². The van der Waals surface area contributed by atoms with E-state index in [1.54, 1.807) is 0 Å². The van der Waals surface area contributed by atoms with Gasteiger partial charge in [-0.3, -0.25) is 4.79 Å². The van der Waals surface area contributed by atoms with Crippen LogP contribution in [0.15, 0.2) is 0 Å². The van der Waals surface area contributed by atoms with E-state index >= 15 is 0 Å². The van der Waals surface area contributed by atoms with Crippen LogP contribution in [0.1, 0.15) is 19.3 Å². The fraction of sp³-hybridized carbons (Fsp3) is 0.857. The molecule has 3 aliphatic rings. The van der Waals surface area contributed by atoms with Crippen molar-refractivity contribution in [1.82, 2.24) is 0 Å². The molecule has 0 amide bonds. The molecule has 3 rings (SSSR count). The average molecular weight is 108 g/mol. The van der Waals surface area contributed by atoms with Gasteiger partial charge in [0.05, 0.1) is 0 Å². The first kappa shape index (κ1) is 3.65. The first-order valence-electron chi connectivity index (χ1n) is 3.36. The molecule has 0 saturated heterocycles. The van der Waals surface area contributed by atoms with Crippen LogP contribution in [0, 0.1) is 17.3 Å². The highest BCUT2D eigenvalue weighted by molar-refractivity contribution is 5.90. The highest BCUT2D eigenvalue weighted by Gasteiger charge is 2.77. The van der Waals surface area contributed by atoms with Gasteiger partial charge in [0.2, 0.25) is 0 Å². The summed E-state index contributed by atoms with van der Waals surface area (Å²) in [5.41, 5.74) is 0.650. The minimum Gasteiger partial charge on any atom is -0.299 e. The van der Waals surface area contributed by atoms with Crippen molar-refractivity contribution in [2.24, 2.45) is 17.3 Å². The Bertz CT molecular complexity index is 185. The number of Topliss-reactive ketones (excluding diaryl/α,β-unsaturated/α-hetero) is 1. The second kappa shape index (κ2) is 0.687. The number of carbonyl (C=O) groups excluding carboxylic acids is 1. The predicted molar refractivity (Wildman–Crippen MR) is 28.3 cm³/mol. The van der Waals surface area contributed by atoms with Crippen molar-refractivity contribution in [3.63, 3.8) is 0 Å². The monoisotopic (exact) mass is 108 g/mol. The number of hydrogen-bond donors (Lipinski definition) is 0. The summed E-state index contributed by atoms with van der Waals surface area (Å²) in [5, 5.41) is 0. The molecule has 3 fully saturated rings. The number of rotatable bonds is 0. The second-order valence-electron chi connectivity index (χ2n) is 3.56. The van der Waals surface area contributed by atoms with Gasteiger partial charge in [0.25, 0.3) is 0 Å². The van der Waals surface area contributed by atoms with Crippen molar-refractivity contribution >= 4 is 5.78 Å². The largest absolute Gasteiger partial charge is 0.299 e. The maximum Gasteiger partial charge on any atom is 0.136 e. The van der Waals surface area contributed by atoms with Gasteiger partial charge >= 0.3 is 0 Å². The van der Waals surface area contributed by atoms with Gasteiger partial charge in [-0.05, 0) is 24.2 Å². The molecule has 1 unspecified atom stereocenters. The molecule has 0 aromatic carbocycles. The van der Waals surface area contributed by atoms with Crippen molar-refractivity contribution < 1.29 is 4.79 Å². The van der Waals surface area contributed by atoms with E-state index in [9.17, 15) is 4.79 Å². The van der Waals surface area contributed by atoms with Crippen molar-refractivity contribution in [3.05, 3.63) is 0 Å². The summed E-state index contributed by atoms with van der Waals surface area (Å²) in [4.78, 5) is 10.9. The van der Waals surface area contributed by atoms with Crippen LogP contribution < -0.4 is 0 Å². The smallest absolute Gasteiger partial charge is 0.136 e. The quantitative estimate of drug-likeness (QED) is 0.452. The van der Waals surface area contributed by atoms with E-state index < -0.39 is 0 Å². The van der Waals surface area contributed by atoms with E-state index in [-0.39, 0.29) is 0 Å². The van der Waals surface area contributed by atoms with Gasteiger partial charge in [0, 0.05) is 12.3 Å². The summed E-state index contributed by atoms with van der Waals surface area (Å²) in [6.07, 6.45) is 3.59. The van der Waals surface area contributed by atoms with Crippen LogP contribution in [0.3, 0.4) is 0 Å². The zero-order valence-electron chi connectivity index (χ0n) is 4.68. The maximum absolute atomic E-state index is 10.9. The van der Waals surface area contributed by atoms with Gasteiger partial charge in [-0.2, -0.15) is 0 Å². The molecule has 1 spiro atoms. The van der Waals surface area contributed by atoms with E-state index in [0.717, 1.165) is 12.3 Å². The Labute approximate surface area is 48.1 Å². The standard InChI is InChI=1S/C7H8O/c8-6-1-4-2-7(4)3-5(6)7/h4-5H,1-3H2/t4-,5+,7?/m1/s1. The van der Waals surface area contributed by atoms with Gasteiger partial charge < -0.3 is 0 Å². The molecule has 0 aromatic heterocycles. The average Bonchev–Trinajstić information content (AvgIpc) is 2.51. The molecule has 42 valence electrons. The van der Waals surface area contributed by atoms with Crippen molar-refractivity contribution in [2.45, 2.75) is 19.3 Å². The molecule has 0 heterocycles. The molecule has 3 atom stereocenters. The zero-order valence-corrected chi connectivity index (χ0v) is 4.68. The third kappa shape index (κ3) is 0.188.